The van der Waals surface area contributed by atoms with E-state index in [1.807, 2.05) is 60.7 Å². The first-order chi connectivity index (χ1) is 30.8. The zero-order chi connectivity index (χ0) is 44.8. The van der Waals surface area contributed by atoms with Crippen molar-refractivity contribution in [2.45, 2.75) is 53.8 Å². The Morgan fingerprint density at radius 1 is 0.409 bits per heavy atom. The molecule has 0 spiro atoms. The van der Waals surface area contributed by atoms with Crippen LogP contribution in [0.3, 0.4) is 0 Å². The van der Waals surface area contributed by atoms with Crippen LogP contribution in [0.2, 0.25) is 0 Å². The SMILES string of the molecule is Brc1cccc(Br)c1-c1ccc(-c2cccc3c2oc2ccccc23)cc1.Brc1cccc(Br)c1I.C.C.CC1(C)OB(c2ccc(-c3cccc4c3oc3ccccc34)cc2)OC1(C)C. The summed E-state index contributed by atoms with van der Waals surface area (Å²) in [4.78, 5) is 0. The Morgan fingerprint density at radius 3 is 1.21 bits per heavy atom. The van der Waals surface area contributed by atoms with Gasteiger partial charge in [-0.3, -0.25) is 0 Å². The molecule has 2 aromatic heterocycles. The first kappa shape index (κ1) is 49.9. The topological polar surface area (TPSA) is 44.7 Å². The van der Waals surface area contributed by atoms with Gasteiger partial charge >= 0.3 is 7.12 Å². The summed E-state index contributed by atoms with van der Waals surface area (Å²) in [5.41, 5.74) is 10.8. The van der Waals surface area contributed by atoms with Gasteiger partial charge in [0.25, 0.3) is 0 Å². The molecule has 0 radical (unpaired) electrons. The fourth-order valence-corrected chi connectivity index (χ4v) is 10.6. The summed E-state index contributed by atoms with van der Waals surface area (Å²) < 4.78 is 30.3. The number of fused-ring (bicyclic) bond motifs is 6. The van der Waals surface area contributed by atoms with E-state index < -0.39 is 0 Å². The van der Waals surface area contributed by atoms with E-state index >= 15 is 0 Å². The van der Waals surface area contributed by atoms with Gasteiger partial charge in [0.2, 0.25) is 0 Å². The van der Waals surface area contributed by atoms with E-state index in [0.29, 0.717) is 0 Å². The van der Waals surface area contributed by atoms with Crippen molar-refractivity contribution in [2.75, 3.05) is 0 Å². The Morgan fingerprint density at radius 2 is 0.773 bits per heavy atom. The van der Waals surface area contributed by atoms with Crippen molar-refractivity contribution < 1.29 is 18.1 Å². The van der Waals surface area contributed by atoms with E-state index in [0.717, 1.165) is 101 Å². The van der Waals surface area contributed by atoms with Crippen LogP contribution in [0, 0.1) is 3.57 Å². The number of furan rings is 2. The van der Waals surface area contributed by atoms with Crippen LogP contribution in [0.5, 0.6) is 0 Å². The van der Waals surface area contributed by atoms with Crippen molar-refractivity contribution in [3.63, 3.8) is 0 Å². The van der Waals surface area contributed by atoms with Gasteiger partial charge in [-0.05, 0) is 141 Å². The van der Waals surface area contributed by atoms with Gasteiger partial charge in [-0.15, -0.1) is 0 Å². The normalized spacial score (nSPS) is 13.7. The lowest BCUT2D eigenvalue weighted by molar-refractivity contribution is 0.00578. The van der Waals surface area contributed by atoms with Gasteiger partial charge in [0, 0.05) is 59.7 Å². The molecule has 0 amide bonds. The average Bonchev–Trinajstić information content (AvgIpc) is 3.94. The van der Waals surface area contributed by atoms with Gasteiger partial charge < -0.3 is 18.1 Å². The molecular weight excluding hydrogens is 1190 g/mol. The molecule has 0 N–H and O–H groups in total. The van der Waals surface area contributed by atoms with Crippen LogP contribution in [0.4, 0.5) is 0 Å². The molecule has 10 heteroatoms. The van der Waals surface area contributed by atoms with E-state index in [4.69, 9.17) is 18.1 Å². The lowest BCUT2D eigenvalue weighted by atomic mass is 9.78. The number of halogens is 5. The predicted molar refractivity (Wildman–Crippen MR) is 303 cm³/mol. The highest BCUT2D eigenvalue weighted by atomic mass is 127. The largest absolute Gasteiger partial charge is 0.494 e. The standard InChI is InChI=1S/C24H23BO3.C24H14Br2O.C6H3Br2I.2CH4/c1-23(2)24(3,4)28-25(27-23)17-14-12-16(13-15-17)18-9-7-10-20-19-8-5-6-11-21(19)26-22(18)20;25-20-8-4-9-21(26)23(20)16-13-11-15(12-14-16)17-6-3-7-19-18-5-1-2-10-22(18)27-24(17)19;7-4-2-1-3-5(8)6(4)9;;/h5-15H,1-4H3;1-14H;1-3H;2*1H4. The maximum absolute atomic E-state index is 6.18. The van der Waals surface area contributed by atoms with Crippen LogP contribution in [0.15, 0.2) is 197 Å². The van der Waals surface area contributed by atoms with E-state index in [1.165, 1.54) is 3.57 Å². The van der Waals surface area contributed by atoms with E-state index in [-0.39, 0.29) is 33.2 Å². The monoisotopic (exact) mass is 1240 g/mol. The minimum Gasteiger partial charge on any atom is -0.455 e. The minimum atomic E-state index is -0.346. The van der Waals surface area contributed by atoms with Gasteiger partial charge in [-0.2, -0.15) is 0 Å². The lowest BCUT2D eigenvalue weighted by Crippen LogP contribution is -2.41. The van der Waals surface area contributed by atoms with Gasteiger partial charge in [0.05, 0.1) is 11.2 Å². The molecule has 66 heavy (non-hydrogen) atoms. The third-order valence-corrected chi connectivity index (χ3v) is 17.2. The van der Waals surface area contributed by atoms with Crippen LogP contribution in [-0.4, -0.2) is 18.3 Å². The smallest absolute Gasteiger partial charge is 0.455 e. The molecule has 11 rings (SSSR count). The van der Waals surface area contributed by atoms with Crippen molar-refractivity contribution in [3.8, 4) is 33.4 Å². The van der Waals surface area contributed by atoms with E-state index in [9.17, 15) is 0 Å². The van der Waals surface area contributed by atoms with Gasteiger partial charge in [0.1, 0.15) is 22.3 Å². The minimum absolute atomic E-state index is 0. The predicted octanol–water partition coefficient (Wildman–Crippen LogP) is 19.1. The van der Waals surface area contributed by atoms with Crippen molar-refractivity contribution in [1.82, 2.24) is 0 Å². The number of hydrogen-bond acceptors (Lipinski definition) is 4. The quantitative estimate of drug-likeness (QED) is 0.100. The second-order valence-corrected chi connectivity index (χ2v) is 21.0. The highest BCUT2D eigenvalue weighted by Gasteiger charge is 2.51. The highest BCUT2D eigenvalue weighted by molar-refractivity contribution is 14.1. The summed E-state index contributed by atoms with van der Waals surface area (Å²) >= 11 is 16.4. The first-order valence-corrected chi connectivity index (χ1v) is 25.0. The molecule has 0 aliphatic carbocycles. The van der Waals surface area contributed by atoms with Crippen LogP contribution >= 0.6 is 86.3 Å². The molecule has 4 nitrogen and oxygen atoms in total. The lowest BCUT2D eigenvalue weighted by Gasteiger charge is -2.32. The summed E-state index contributed by atoms with van der Waals surface area (Å²) in [7, 11) is -0.346. The fraction of sp³-hybridized carbons (Fsp3) is 0.143. The first-order valence-electron chi connectivity index (χ1n) is 20.7. The fourth-order valence-electron chi connectivity index (χ4n) is 7.82. The molecule has 1 saturated heterocycles. The zero-order valence-electron chi connectivity index (χ0n) is 35.3. The maximum atomic E-state index is 6.18. The molecule has 0 bridgehead atoms. The molecular formula is C56H48BBr4IO4. The molecule has 1 aliphatic rings. The Hall–Kier alpha value is -4.01. The molecule has 1 fully saturated rings. The Bertz CT molecular complexity index is 3250. The third kappa shape index (κ3) is 9.93. The molecule has 1 aliphatic heterocycles. The Kier molecular flexibility index (Phi) is 15.6. The highest BCUT2D eigenvalue weighted by Crippen LogP contribution is 2.40. The third-order valence-electron chi connectivity index (χ3n) is 11.9. The van der Waals surface area contributed by atoms with Crippen molar-refractivity contribution >= 4 is 143 Å². The number of para-hydroxylation sites is 4. The second kappa shape index (κ2) is 20.7. The van der Waals surface area contributed by atoms with Crippen LogP contribution in [0.1, 0.15) is 42.5 Å². The average molecular weight is 1240 g/mol. The van der Waals surface area contributed by atoms with Crippen molar-refractivity contribution in [2.24, 2.45) is 0 Å². The van der Waals surface area contributed by atoms with Gasteiger partial charge in [-0.1, -0.05) is 180 Å². The van der Waals surface area contributed by atoms with Crippen LogP contribution < -0.4 is 5.46 Å². The van der Waals surface area contributed by atoms with Crippen molar-refractivity contribution in [3.05, 3.63) is 191 Å². The maximum Gasteiger partial charge on any atom is 0.494 e. The zero-order valence-corrected chi connectivity index (χ0v) is 43.8. The summed E-state index contributed by atoms with van der Waals surface area (Å²) in [6.07, 6.45) is 0. The van der Waals surface area contributed by atoms with E-state index in [1.54, 1.807) is 0 Å². The van der Waals surface area contributed by atoms with Crippen LogP contribution in [0.25, 0.3) is 77.3 Å². The Labute approximate surface area is 435 Å². The number of rotatable bonds is 4. The van der Waals surface area contributed by atoms with Gasteiger partial charge in [0.15, 0.2) is 0 Å². The second-order valence-electron chi connectivity index (χ2n) is 16.5. The molecule has 8 aromatic carbocycles. The van der Waals surface area contributed by atoms with Crippen LogP contribution in [-0.2, 0) is 9.31 Å². The molecule has 334 valence electrons. The molecule has 0 unspecified atom stereocenters. The summed E-state index contributed by atoms with van der Waals surface area (Å²) in [6, 6.07) is 58.2. The van der Waals surface area contributed by atoms with Crippen molar-refractivity contribution in [1.29, 1.82) is 0 Å². The van der Waals surface area contributed by atoms with Gasteiger partial charge in [-0.25, -0.2) is 0 Å². The summed E-state index contributed by atoms with van der Waals surface area (Å²) in [5, 5.41) is 4.60. The molecule has 3 heterocycles. The number of hydrogen-bond donors (Lipinski definition) is 0. The molecule has 10 aromatic rings. The summed E-state index contributed by atoms with van der Waals surface area (Å²) in [6.45, 7) is 8.29. The number of benzene rings is 8. The van der Waals surface area contributed by atoms with E-state index in [2.05, 4.69) is 223 Å². The summed E-state index contributed by atoms with van der Waals surface area (Å²) in [5.74, 6) is 0. The molecule has 0 saturated carbocycles. The Balaban J connectivity index is 0.000000162. The molecule has 0 atom stereocenters.